The van der Waals surface area contributed by atoms with Crippen LogP contribution in [0, 0.1) is 22.9 Å². The molecule has 2 aromatic rings. The van der Waals surface area contributed by atoms with Crippen LogP contribution in [0.3, 0.4) is 0 Å². The van der Waals surface area contributed by atoms with Gasteiger partial charge in [-0.2, -0.15) is 0 Å². The number of nitrogens with zero attached hydrogens (tertiary/aromatic N) is 2. The molecule has 2 N–H and O–H groups in total. The summed E-state index contributed by atoms with van der Waals surface area (Å²) in [7, 11) is -2.52. The molecule has 2 rings (SSSR count). The van der Waals surface area contributed by atoms with Gasteiger partial charge in [-0.25, -0.2) is 17.9 Å². The number of nitrogens with two attached hydrogens (primary N) is 1. The predicted octanol–water partition coefficient (Wildman–Crippen LogP) is 2.33. The number of rotatable bonds is 5. The number of sulfonamides is 1. The summed E-state index contributed by atoms with van der Waals surface area (Å²) in [6.45, 7) is 1.78. The van der Waals surface area contributed by atoms with Crippen LogP contribution in [0.1, 0.15) is 11.1 Å². The molecular weight excluding hydrogens is 337 g/mol. The van der Waals surface area contributed by atoms with Gasteiger partial charge in [0.15, 0.2) is 0 Å². The molecule has 0 aliphatic rings. The van der Waals surface area contributed by atoms with Gasteiger partial charge < -0.3 is 4.90 Å². The average Bonchev–Trinajstić information content (AvgIpc) is 2.49. The van der Waals surface area contributed by atoms with Crippen LogP contribution in [-0.4, -0.2) is 20.4 Å². The van der Waals surface area contributed by atoms with Crippen molar-refractivity contribution in [2.75, 3.05) is 11.9 Å². The van der Waals surface area contributed by atoms with Gasteiger partial charge >= 0.3 is 0 Å². The minimum absolute atomic E-state index is 0.0766. The molecule has 0 saturated carbocycles. The van der Waals surface area contributed by atoms with Crippen molar-refractivity contribution in [3.63, 3.8) is 0 Å². The second kappa shape index (κ2) is 6.54. The van der Waals surface area contributed by atoms with Crippen molar-refractivity contribution >= 4 is 21.4 Å². The van der Waals surface area contributed by atoms with Crippen LogP contribution in [0.5, 0.6) is 0 Å². The van der Waals surface area contributed by atoms with E-state index < -0.39 is 14.9 Å². The van der Waals surface area contributed by atoms with Crippen LogP contribution in [0.15, 0.2) is 41.3 Å². The molecule has 0 aliphatic heterocycles. The van der Waals surface area contributed by atoms with Crippen molar-refractivity contribution in [1.29, 1.82) is 0 Å². The van der Waals surface area contributed by atoms with Crippen molar-refractivity contribution < 1.29 is 17.7 Å². The average molecular weight is 353 g/mol. The van der Waals surface area contributed by atoms with Crippen LogP contribution < -0.4 is 10.0 Å². The summed E-state index contributed by atoms with van der Waals surface area (Å²) in [6.07, 6.45) is 0. The second-order valence-electron chi connectivity index (χ2n) is 5.39. The number of benzene rings is 2. The van der Waals surface area contributed by atoms with E-state index in [2.05, 4.69) is 0 Å². The fourth-order valence-electron chi connectivity index (χ4n) is 2.25. The first-order chi connectivity index (χ1) is 11.1. The van der Waals surface area contributed by atoms with Gasteiger partial charge in [0.05, 0.1) is 10.6 Å². The summed E-state index contributed by atoms with van der Waals surface area (Å²) in [4.78, 5) is 11.5. The Hall–Kier alpha value is -2.52. The summed E-state index contributed by atoms with van der Waals surface area (Å²) in [6, 6.07) is 7.93. The highest BCUT2D eigenvalue weighted by Gasteiger charge is 2.21. The maximum Gasteiger partial charge on any atom is 0.271 e. The fourth-order valence-corrected chi connectivity index (χ4v) is 3.02. The second-order valence-corrected chi connectivity index (χ2v) is 6.92. The lowest BCUT2D eigenvalue weighted by Gasteiger charge is -2.22. The lowest BCUT2D eigenvalue weighted by atomic mass is 10.1. The van der Waals surface area contributed by atoms with E-state index in [-0.39, 0.29) is 28.6 Å². The molecule has 24 heavy (non-hydrogen) atoms. The molecule has 128 valence electrons. The number of aryl methyl sites for hydroxylation is 1. The molecular formula is C15H16FN3O4S. The Morgan fingerprint density at radius 1 is 1.25 bits per heavy atom. The molecule has 0 bridgehead atoms. The van der Waals surface area contributed by atoms with E-state index in [1.807, 2.05) is 0 Å². The van der Waals surface area contributed by atoms with Gasteiger partial charge in [-0.1, -0.05) is 12.1 Å². The maximum absolute atomic E-state index is 13.6. The van der Waals surface area contributed by atoms with Gasteiger partial charge in [0.2, 0.25) is 10.0 Å². The highest BCUT2D eigenvalue weighted by Crippen LogP contribution is 2.29. The SMILES string of the molecule is Cc1ccc(CN(C)c2cc([N+](=O)[O-])ccc2S(N)(=O)=O)cc1F. The van der Waals surface area contributed by atoms with Crippen LogP contribution in [-0.2, 0) is 16.6 Å². The van der Waals surface area contributed by atoms with E-state index in [9.17, 15) is 22.9 Å². The number of nitro benzene ring substituents is 1. The minimum Gasteiger partial charge on any atom is -0.369 e. The molecule has 0 amide bonds. The van der Waals surface area contributed by atoms with Gasteiger partial charge in [0.25, 0.3) is 5.69 Å². The van der Waals surface area contributed by atoms with Crippen LogP contribution in [0.2, 0.25) is 0 Å². The Bertz CT molecular complexity index is 900. The van der Waals surface area contributed by atoms with Crippen molar-refractivity contribution in [3.05, 3.63) is 63.5 Å². The molecule has 0 heterocycles. The van der Waals surface area contributed by atoms with E-state index >= 15 is 0 Å². The first-order valence-electron chi connectivity index (χ1n) is 6.87. The zero-order valence-electron chi connectivity index (χ0n) is 13.1. The van der Waals surface area contributed by atoms with Crippen LogP contribution >= 0.6 is 0 Å². The molecule has 0 saturated heterocycles. The highest BCUT2D eigenvalue weighted by atomic mass is 32.2. The molecule has 2 aromatic carbocycles. The van der Waals surface area contributed by atoms with Crippen molar-refractivity contribution in [2.24, 2.45) is 5.14 Å². The van der Waals surface area contributed by atoms with Gasteiger partial charge in [0.1, 0.15) is 10.7 Å². The molecule has 0 aromatic heterocycles. The molecule has 9 heteroatoms. The maximum atomic E-state index is 13.6. The van der Waals surface area contributed by atoms with Gasteiger partial charge in [-0.3, -0.25) is 10.1 Å². The zero-order valence-corrected chi connectivity index (χ0v) is 13.9. The van der Waals surface area contributed by atoms with Gasteiger partial charge in [0, 0.05) is 25.7 Å². The first kappa shape index (κ1) is 17.8. The highest BCUT2D eigenvalue weighted by molar-refractivity contribution is 7.89. The van der Waals surface area contributed by atoms with Gasteiger partial charge in [-0.15, -0.1) is 0 Å². The molecule has 0 spiro atoms. The first-order valence-corrected chi connectivity index (χ1v) is 8.41. The minimum atomic E-state index is -4.07. The van der Waals surface area contributed by atoms with E-state index in [4.69, 9.17) is 5.14 Å². The number of hydrogen-bond acceptors (Lipinski definition) is 5. The largest absolute Gasteiger partial charge is 0.369 e. The van der Waals surface area contributed by atoms with E-state index in [0.717, 1.165) is 18.2 Å². The lowest BCUT2D eigenvalue weighted by molar-refractivity contribution is -0.384. The standard InChI is InChI=1S/C15H16FN3O4S/c1-10-3-4-11(7-13(10)16)9-18(2)14-8-12(19(20)21)5-6-15(14)24(17,22)23/h3-8H,9H2,1-2H3,(H2,17,22,23). The number of nitro groups is 1. The molecule has 0 radical (unpaired) electrons. The van der Waals surface area contributed by atoms with Crippen molar-refractivity contribution in [1.82, 2.24) is 0 Å². The summed E-state index contributed by atoms with van der Waals surface area (Å²) in [5.74, 6) is -0.383. The quantitative estimate of drug-likeness (QED) is 0.656. The number of halogens is 1. The summed E-state index contributed by atoms with van der Waals surface area (Å²) in [5, 5.41) is 16.1. The number of primary sulfonamides is 1. The van der Waals surface area contributed by atoms with E-state index in [1.54, 1.807) is 26.1 Å². The number of anilines is 1. The van der Waals surface area contributed by atoms with Crippen LogP contribution in [0.4, 0.5) is 15.8 Å². The molecule has 0 atom stereocenters. The molecule has 7 nitrogen and oxygen atoms in total. The number of non-ortho nitro benzene ring substituents is 1. The summed E-state index contributed by atoms with van der Waals surface area (Å²) < 4.78 is 37.1. The topological polar surface area (TPSA) is 107 Å². The smallest absolute Gasteiger partial charge is 0.271 e. The third-order valence-corrected chi connectivity index (χ3v) is 4.49. The summed E-state index contributed by atoms with van der Waals surface area (Å²) >= 11 is 0. The Morgan fingerprint density at radius 3 is 2.46 bits per heavy atom. The Kier molecular flexibility index (Phi) is 4.86. The van der Waals surface area contributed by atoms with Crippen molar-refractivity contribution in [3.8, 4) is 0 Å². The van der Waals surface area contributed by atoms with E-state index in [0.29, 0.717) is 11.1 Å². The fraction of sp³-hybridized carbons (Fsp3) is 0.200. The molecule has 0 unspecified atom stereocenters. The summed E-state index contributed by atoms with van der Waals surface area (Å²) in [5.41, 5.74) is 0.890. The predicted molar refractivity (Wildman–Crippen MR) is 87.7 cm³/mol. The Morgan fingerprint density at radius 2 is 1.92 bits per heavy atom. The normalized spacial score (nSPS) is 11.3. The number of hydrogen-bond donors (Lipinski definition) is 1. The monoisotopic (exact) mass is 353 g/mol. The van der Waals surface area contributed by atoms with Crippen molar-refractivity contribution in [2.45, 2.75) is 18.4 Å². The lowest BCUT2D eigenvalue weighted by Crippen LogP contribution is -2.22. The third kappa shape index (κ3) is 3.87. The van der Waals surface area contributed by atoms with Gasteiger partial charge in [-0.05, 0) is 30.2 Å². The van der Waals surface area contributed by atoms with E-state index in [1.165, 1.54) is 11.0 Å². The molecule has 0 aliphatic carbocycles. The zero-order chi connectivity index (χ0) is 18.1. The van der Waals surface area contributed by atoms with Crippen LogP contribution in [0.25, 0.3) is 0 Å². The third-order valence-electron chi connectivity index (χ3n) is 3.53. The Labute approximate surface area is 138 Å². The Balaban J connectivity index is 2.46. The molecule has 0 fully saturated rings.